The van der Waals surface area contributed by atoms with Crippen LogP contribution in [0.15, 0.2) is 36.4 Å². The van der Waals surface area contributed by atoms with Crippen molar-refractivity contribution >= 4 is 0 Å². The lowest BCUT2D eigenvalue weighted by atomic mass is 9.77. The van der Waals surface area contributed by atoms with E-state index in [9.17, 15) is 10.2 Å². The molecule has 2 aromatic carbocycles. The highest BCUT2D eigenvalue weighted by atomic mass is 16.3. The SMILES string of the molecule is CC(C)(C)c1ccc(-c2c(O)cccc2O)c(C(C)(C)C)c1. The van der Waals surface area contributed by atoms with Gasteiger partial charge in [-0.15, -0.1) is 0 Å². The molecule has 0 fully saturated rings. The highest BCUT2D eigenvalue weighted by Crippen LogP contribution is 2.43. The average Bonchev–Trinajstić information content (AvgIpc) is 2.36. The normalized spacial score (nSPS) is 12.5. The molecule has 0 bridgehead atoms. The van der Waals surface area contributed by atoms with E-state index in [-0.39, 0.29) is 22.3 Å². The second kappa shape index (κ2) is 5.35. The van der Waals surface area contributed by atoms with E-state index in [0.717, 1.165) is 11.1 Å². The Labute approximate surface area is 133 Å². The molecule has 0 aliphatic heterocycles. The van der Waals surface area contributed by atoms with Crippen LogP contribution in [0.3, 0.4) is 0 Å². The van der Waals surface area contributed by atoms with Crippen LogP contribution in [0.2, 0.25) is 0 Å². The lowest BCUT2D eigenvalue weighted by Crippen LogP contribution is -2.17. The van der Waals surface area contributed by atoms with Crippen LogP contribution in [-0.4, -0.2) is 10.2 Å². The molecule has 2 aromatic rings. The second-order valence-electron chi connectivity index (χ2n) is 7.93. The summed E-state index contributed by atoms with van der Waals surface area (Å²) in [6, 6.07) is 11.2. The molecular formula is C20H26O2. The van der Waals surface area contributed by atoms with Gasteiger partial charge < -0.3 is 10.2 Å². The minimum atomic E-state index is -0.0919. The monoisotopic (exact) mass is 298 g/mol. The lowest BCUT2D eigenvalue weighted by Gasteiger charge is -2.28. The summed E-state index contributed by atoms with van der Waals surface area (Å²) >= 11 is 0. The number of phenolic OH excluding ortho intramolecular Hbond substituents is 2. The van der Waals surface area contributed by atoms with Gasteiger partial charge in [-0.3, -0.25) is 0 Å². The van der Waals surface area contributed by atoms with Crippen LogP contribution < -0.4 is 0 Å². The first kappa shape index (κ1) is 16.4. The van der Waals surface area contributed by atoms with Crippen molar-refractivity contribution in [1.82, 2.24) is 0 Å². The minimum absolute atomic E-state index is 0.0549. The molecule has 0 aliphatic rings. The van der Waals surface area contributed by atoms with Crippen molar-refractivity contribution in [2.75, 3.05) is 0 Å². The maximum atomic E-state index is 10.2. The van der Waals surface area contributed by atoms with E-state index in [1.54, 1.807) is 18.2 Å². The molecular weight excluding hydrogens is 272 g/mol. The van der Waals surface area contributed by atoms with Gasteiger partial charge in [0.05, 0.1) is 5.56 Å². The highest BCUT2D eigenvalue weighted by Gasteiger charge is 2.24. The Hall–Kier alpha value is -1.96. The predicted molar refractivity (Wildman–Crippen MR) is 92.6 cm³/mol. The summed E-state index contributed by atoms with van der Waals surface area (Å²) in [5.41, 5.74) is 3.72. The van der Waals surface area contributed by atoms with Crippen LogP contribution in [0, 0.1) is 0 Å². The van der Waals surface area contributed by atoms with E-state index in [0.29, 0.717) is 5.56 Å². The molecule has 0 aliphatic carbocycles. The zero-order chi connectivity index (χ0) is 16.7. The maximum absolute atomic E-state index is 10.2. The lowest BCUT2D eigenvalue weighted by molar-refractivity contribution is 0.454. The zero-order valence-electron chi connectivity index (χ0n) is 14.4. The topological polar surface area (TPSA) is 40.5 Å². The smallest absolute Gasteiger partial charge is 0.127 e. The van der Waals surface area contributed by atoms with E-state index in [1.807, 2.05) is 6.07 Å². The van der Waals surface area contributed by atoms with Crippen LogP contribution in [0.1, 0.15) is 52.7 Å². The summed E-state index contributed by atoms with van der Waals surface area (Å²) in [5.74, 6) is 0.211. The Kier molecular flexibility index (Phi) is 3.99. The molecule has 0 saturated carbocycles. The van der Waals surface area contributed by atoms with Gasteiger partial charge in [0.15, 0.2) is 0 Å². The molecule has 0 spiro atoms. The van der Waals surface area contributed by atoms with E-state index < -0.39 is 0 Å². The Morgan fingerprint density at radius 2 is 1.27 bits per heavy atom. The van der Waals surface area contributed by atoms with Gasteiger partial charge in [0.2, 0.25) is 0 Å². The molecule has 0 amide bonds. The molecule has 118 valence electrons. The zero-order valence-corrected chi connectivity index (χ0v) is 14.4. The van der Waals surface area contributed by atoms with Gasteiger partial charge in [0, 0.05) is 0 Å². The number of phenols is 2. The summed E-state index contributed by atoms with van der Waals surface area (Å²) in [6.07, 6.45) is 0. The second-order valence-corrected chi connectivity index (χ2v) is 7.93. The Bertz CT molecular complexity index is 666. The van der Waals surface area contributed by atoms with Crippen molar-refractivity contribution in [3.05, 3.63) is 47.5 Å². The van der Waals surface area contributed by atoms with Gasteiger partial charge in [-0.05, 0) is 39.7 Å². The third-order valence-electron chi connectivity index (χ3n) is 3.98. The first-order valence-corrected chi connectivity index (χ1v) is 7.68. The molecule has 0 saturated heterocycles. The van der Waals surface area contributed by atoms with Crippen molar-refractivity contribution in [1.29, 1.82) is 0 Å². The number of benzene rings is 2. The number of hydrogen-bond acceptors (Lipinski definition) is 2. The molecule has 0 radical (unpaired) electrons. The van der Waals surface area contributed by atoms with Gasteiger partial charge in [-0.1, -0.05) is 65.8 Å². The predicted octanol–water partition coefficient (Wildman–Crippen LogP) is 5.36. The Morgan fingerprint density at radius 1 is 0.727 bits per heavy atom. The third-order valence-corrected chi connectivity index (χ3v) is 3.98. The number of aromatic hydroxyl groups is 2. The van der Waals surface area contributed by atoms with Crippen molar-refractivity contribution < 1.29 is 10.2 Å². The molecule has 2 heteroatoms. The van der Waals surface area contributed by atoms with Crippen LogP contribution in [0.4, 0.5) is 0 Å². The van der Waals surface area contributed by atoms with Gasteiger partial charge in [0.25, 0.3) is 0 Å². The quantitative estimate of drug-likeness (QED) is 0.744. The van der Waals surface area contributed by atoms with E-state index in [4.69, 9.17) is 0 Å². The van der Waals surface area contributed by atoms with Gasteiger partial charge in [-0.25, -0.2) is 0 Å². The van der Waals surface area contributed by atoms with E-state index in [2.05, 4.69) is 53.7 Å². The fourth-order valence-corrected chi connectivity index (χ4v) is 2.65. The van der Waals surface area contributed by atoms with Crippen molar-refractivity contribution in [3.8, 4) is 22.6 Å². The van der Waals surface area contributed by atoms with E-state index in [1.165, 1.54) is 5.56 Å². The van der Waals surface area contributed by atoms with Crippen LogP contribution in [0.5, 0.6) is 11.5 Å². The van der Waals surface area contributed by atoms with Gasteiger partial charge in [0.1, 0.15) is 11.5 Å². The van der Waals surface area contributed by atoms with Gasteiger partial charge in [-0.2, -0.15) is 0 Å². The van der Waals surface area contributed by atoms with Crippen molar-refractivity contribution in [3.63, 3.8) is 0 Å². The number of rotatable bonds is 1. The maximum Gasteiger partial charge on any atom is 0.127 e. The molecule has 2 nitrogen and oxygen atoms in total. The first-order chi connectivity index (χ1) is 10.0. The Morgan fingerprint density at radius 3 is 1.73 bits per heavy atom. The Balaban J connectivity index is 2.77. The fourth-order valence-electron chi connectivity index (χ4n) is 2.65. The minimum Gasteiger partial charge on any atom is -0.507 e. The first-order valence-electron chi connectivity index (χ1n) is 7.68. The summed E-state index contributed by atoms with van der Waals surface area (Å²) < 4.78 is 0. The van der Waals surface area contributed by atoms with Crippen molar-refractivity contribution in [2.24, 2.45) is 0 Å². The number of hydrogen-bond donors (Lipinski definition) is 2. The molecule has 0 unspecified atom stereocenters. The standard InChI is InChI=1S/C20H26O2/c1-19(2,3)13-10-11-14(15(12-13)20(4,5)6)18-16(21)8-7-9-17(18)22/h7-12,21-22H,1-6H3. The van der Waals surface area contributed by atoms with Crippen molar-refractivity contribution in [2.45, 2.75) is 52.4 Å². The molecule has 22 heavy (non-hydrogen) atoms. The van der Waals surface area contributed by atoms with Crippen LogP contribution in [-0.2, 0) is 10.8 Å². The van der Waals surface area contributed by atoms with Gasteiger partial charge >= 0.3 is 0 Å². The van der Waals surface area contributed by atoms with Crippen LogP contribution in [0.25, 0.3) is 11.1 Å². The molecule has 0 heterocycles. The molecule has 2 rings (SSSR count). The summed E-state index contributed by atoms with van der Waals surface area (Å²) in [7, 11) is 0. The summed E-state index contributed by atoms with van der Waals surface area (Å²) in [5, 5.41) is 20.4. The molecule has 2 N–H and O–H groups in total. The summed E-state index contributed by atoms with van der Waals surface area (Å²) in [4.78, 5) is 0. The average molecular weight is 298 g/mol. The fraction of sp³-hybridized carbons (Fsp3) is 0.400. The highest BCUT2D eigenvalue weighted by molar-refractivity contribution is 5.79. The molecule has 0 atom stereocenters. The molecule has 0 aromatic heterocycles. The third kappa shape index (κ3) is 3.11. The van der Waals surface area contributed by atoms with Crippen LogP contribution >= 0.6 is 0 Å². The summed E-state index contributed by atoms with van der Waals surface area (Å²) in [6.45, 7) is 13.0. The largest absolute Gasteiger partial charge is 0.507 e. The van der Waals surface area contributed by atoms with E-state index >= 15 is 0 Å².